The molecule has 1 aliphatic heterocycles. The van der Waals surface area contributed by atoms with Crippen molar-refractivity contribution in [3.63, 3.8) is 0 Å². The molecule has 124 valence electrons. The molecule has 0 atom stereocenters. The van der Waals surface area contributed by atoms with Gasteiger partial charge in [-0.2, -0.15) is 0 Å². The summed E-state index contributed by atoms with van der Waals surface area (Å²) in [5, 5.41) is 3.73. The Bertz CT molecular complexity index is 240. The van der Waals surface area contributed by atoms with Crippen molar-refractivity contribution in [2.75, 3.05) is 32.7 Å². The lowest BCUT2D eigenvalue weighted by molar-refractivity contribution is 0.222. The molecule has 0 unspecified atom stereocenters. The molecule has 0 spiro atoms. The maximum Gasteiger partial charge on any atom is -0.000664 e. The Kier molecular flexibility index (Phi) is 8.73. The third kappa shape index (κ3) is 7.15. The highest BCUT2D eigenvalue weighted by Crippen LogP contribution is 2.31. The third-order valence-corrected chi connectivity index (χ3v) is 5.64. The van der Waals surface area contributed by atoms with Crippen molar-refractivity contribution in [2.24, 2.45) is 11.8 Å². The Labute approximate surface area is 133 Å². The second kappa shape index (κ2) is 10.6. The quantitative estimate of drug-likeness (QED) is 0.632. The highest BCUT2D eigenvalue weighted by molar-refractivity contribution is 4.74. The summed E-state index contributed by atoms with van der Waals surface area (Å²) in [7, 11) is 0. The van der Waals surface area contributed by atoms with Crippen molar-refractivity contribution in [2.45, 2.75) is 77.6 Å². The number of unbranched alkanes of at least 4 members (excludes halogenated alkanes) is 1. The molecule has 1 saturated carbocycles. The Morgan fingerprint density at radius 3 is 2.33 bits per heavy atom. The van der Waals surface area contributed by atoms with Gasteiger partial charge in [-0.05, 0) is 76.7 Å². The van der Waals surface area contributed by atoms with Crippen LogP contribution < -0.4 is 5.32 Å². The van der Waals surface area contributed by atoms with Crippen LogP contribution in [-0.4, -0.2) is 37.6 Å². The summed E-state index contributed by atoms with van der Waals surface area (Å²) < 4.78 is 0. The molecule has 0 aromatic rings. The first-order chi connectivity index (χ1) is 10.4. The minimum Gasteiger partial charge on any atom is -0.316 e. The monoisotopic (exact) mass is 294 g/mol. The molecule has 2 fully saturated rings. The fourth-order valence-corrected chi connectivity index (χ4v) is 4.13. The standard InChI is InChI=1S/C19H38N2/c1-2-3-8-18-9-11-19(12-10-18)17-20-13-7-16-21-14-5-4-6-15-21/h18-20H,2-17H2,1H3. The molecule has 2 nitrogen and oxygen atoms in total. The van der Waals surface area contributed by atoms with E-state index in [9.17, 15) is 0 Å². The molecule has 0 aromatic carbocycles. The van der Waals surface area contributed by atoms with Gasteiger partial charge in [0.05, 0.1) is 0 Å². The van der Waals surface area contributed by atoms with Crippen molar-refractivity contribution in [1.29, 1.82) is 0 Å². The van der Waals surface area contributed by atoms with E-state index in [0.29, 0.717) is 0 Å². The average molecular weight is 295 g/mol. The van der Waals surface area contributed by atoms with Gasteiger partial charge in [0.25, 0.3) is 0 Å². The van der Waals surface area contributed by atoms with Crippen LogP contribution in [0.5, 0.6) is 0 Å². The summed E-state index contributed by atoms with van der Waals surface area (Å²) in [6.07, 6.45) is 15.9. The number of likely N-dealkylation sites (tertiary alicyclic amines) is 1. The average Bonchev–Trinajstić information content (AvgIpc) is 2.55. The van der Waals surface area contributed by atoms with Gasteiger partial charge < -0.3 is 10.2 Å². The largest absolute Gasteiger partial charge is 0.316 e. The van der Waals surface area contributed by atoms with E-state index in [1.807, 2.05) is 0 Å². The van der Waals surface area contributed by atoms with E-state index < -0.39 is 0 Å². The Hall–Kier alpha value is -0.0800. The molecule has 1 heterocycles. The summed E-state index contributed by atoms with van der Waals surface area (Å²) in [6.45, 7) is 8.84. The molecule has 2 aliphatic rings. The topological polar surface area (TPSA) is 15.3 Å². The van der Waals surface area contributed by atoms with E-state index in [-0.39, 0.29) is 0 Å². The van der Waals surface area contributed by atoms with Gasteiger partial charge >= 0.3 is 0 Å². The molecule has 2 rings (SSSR count). The molecular formula is C19H38N2. The van der Waals surface area contributed by atoms with E-state index in [1.165, 1.54) is 103 Å². The minimum absolute atomic E-state index is 0.970. The highest BCUT2D eigenvalue weighted by atomic mass is 15.1. The number of hydrogen-bond acceptors (Lipinski definition) is 2. The van der Waals surface area contributed by atoms with Crippen molar-refractivity contribution in [3.05, 3.63) is 0 Å². The Morgan fingerprint density at radius 1 is 0.905 bits per heavy atom. The SMILES string of the molecule is CCCCC1CCC(CNCCCN2CCCCC2)CC1. The van der Waals surface area contributed by atoms with Crippen LogP contribution in [0.1, 0.15) is 77.6 Å². The smallest absolute Gasteiger partial charge is 0.000664 e. The normalized spacial score (nSPS) is 27.9. The van der Waals surface area contributed by atoms with Crippen LogP contribution in [0.2, 0.25) is 0 Å². The van der Waals surface area contributed by atoms with Crippen LogP contribution in [0.3, 0.4) is 0 Å². The Balaban J connectivity index is 1.42. The molecule has 0 bridgehead atoms. The van der Waals surface area contributed by atoms with Gasteiger partial charge in [0.15, 0.2) is 0 Å². The van der Waals surface area contributed by atoms with Gasteiger partial charge in [0, 0.05) is 0 Å². The minimum atomic E-state index is 0.970. The number of nitrogens with zero attached hydrogens (tertiary/aromatic N) is 1. The lowest BCUT2D eigenvalue weighted by atomic mass is 9.80. The van der Waals surface area contributed by atoms with Crippen LogP contribution in [0.25, 0.3) is 0 Å². The first-order valence-electron chi connectivity index (χ1n) is 9.81. The number of nitrogens with one attached hydrogen (secondary N) is 1. The number of rotatable bonds is 9. The van der Waals surface area contributed by atoms with E-state index in [4.69, 9.17) is 0 Å². The van der Waals surface area contributed by atoms with Gasteiger partial charge in [-0.1, -0.05) is 45.4 Å². The van der Waals surface area contributed by atoms with Crippen LogP contribution in [-0.2, 0) is 0 Å². The van der Waals surface area contributed by atoms with E-state index in [0.717, 1.165) is 11.8 Å². The molecule has 1 N–H and O–H groups in total. The molecule has 0 aromatic heterocycles. The van der Waals surface area contributed by atoms with Gasteiger partial charge in [0.1, 0.15) is 0 Å². The van der Waals surface area contributed by atoms with Crippen molar-refractivity contribution < 1.29 is 0 Å². The lowest BCUT2D eigenvalue weighted by Gasteiger charge is -2.29. The molecule has 0 amide bonds. The van der Waals surface area contributed by atoms with E-state index in [2.05, 4.69) is 17.1 Å². The van der Waals surface area contributed by atoms with Crippen molar-refractivity contribution in [1.82, 2.24) is 10.2 Å². The third-order valence-electron chi connectivity index (χ3n) is 5.64. The van der Waals surface area contributed by atoms with Gasteiger partial charge in [-0.25, -0.2) is 0 Å². The summed E-state index contributed by atoms with van der Waals surface area (Å²) >= 11 is 0. The predicted molar refractivity (Wildman–Crippen MR) is 92.8 cm³/mol. The predicted octanol–water partition coefficient (Wildman–Crippen LogP) is 4.45. The number of hydrogen-bond donors (Lipinski definition) is 1. The van der Waals surface area contributed by atoms with Gasteiger partial charge in [-0.15, -0.1) is 0 Å². The van der Waals surface area contributed by atoms with Crippen LogP contribution in [0, 0.1) is 11.8 Å². The van der Waals surface area contributed by atoms with Crippen LogP contribution >= 0.6 is 0 Å². The van der Waals surface area contributed by atoms with Crippen LogP contribution in [0.15, 0.2) is 0 Å². The van der Waals surface area contributed by atoms with Gasteiger partial charge in [0.2, 0.25) is 0 Å². The molecule has 1 saturated heterocycles. The van der Waals surface area contributed by atoms with E-state index >= 15 is 0 Å². The molecule has 1 aliphatic carbocycles. The fourth-order valence-electron chi connectivity index (χ4n) is 4.13. The van der Waals surface area contributed by atoms with Crippen LogP contribution in [0.4, 0.5) is 0 Å². The second-order valence-electron chi connectivity index (χ2n) is 7.49. The molecule has 21 heavy (non-hydrogen) atoms. The van der Waals surface area contributed by atoms with Gasteiger partial charge in [-0.3, -0.25) is 0 Å². The first-order valence-corrected chi connectivity index (χ1v) is 9.81. The highest BCUT2D eigenvalue weighted by Gasteiger charge is 2.20. The van der Waals surface area contributed by atoms with Crippen molar-refractivity contribution >= 4 is 0 Å². The maximum absolute atomic E-state index is 3.73. The van der Waals surface area contributed by atoms with Crippen molar-refractivity contribution in [3.8, 4) is 0 Å². The lowest BCUT2D eigenvalue weighted by Crippen LogP contribution is -2.33. The number of piperidine rings is 1. The molecule has 0 radical (unpaired) electrons. The Morgan fingerprint density at radius 2 is 1.62 bits per heavy atom. The summed E-state index contributed by atoms with van der Waals surface area (Å²) in [5.74, 6) is 2.03. The molecule has 2 heteroatoms. The first kappa shape index (κ1) is 17.3. The summed E-state index contributed by atoms with van der Waals surface area (Å²) in [6, 6.07) is 0. The zero-order valence-electron chi connectivity index (χ0n) is 14.4. The van der Waals surface area contributed by atoms with E-state index in [1.54, 1.807) is 0 Å². The zero-order valence-corrected chi connectivity index (χ0v) is 14.4. The maximum atomic E-state index is 3.73. The summed E-state index contributed by atoms with van der Waals surface area (Å²) in [4.78, 5) is 2.66. The molecular weight excluding hydrogens is 256 g/mol. The summed E-state index contributed by atoms with van der Waals surface area (Å²) in [5.41, 5.74) is 0. The second-order valence-corrected chi connectivity index (χ2v) is 7.49. The zero-order chi connectivity index (χ0) is 14.8. The fraction of sp³-hybridized carbons (Fsp3) is 1.00.